The predicted octanol–water partition coefficient (Wildman–Crippen LogP) is 3.20. The molecule has 0 aliphatic heterocycles. The smallest absolute Gasteiger partial charge is 0.00966 e. The zero-order valence-electron chi connectivity index (χ0n) is 9.97. The summed E-state index contributed by atoms with van der Waals surface area (Å²) >= 11 is 0. The molecule has 0 amide bonds. The van der Waals surface area contributed by atoms with Crippen molar-refractivity contribution in [1.29, 1.82) is 0 Å². The summed E-state index contributed by atoms with van der Waals surface area (Å²) in [6.45, 7) is 8.07. The molecule has 1 nitrogen and oxygen atoms in total. The molecular weight excluding hydrogens is 170 g/mol. The minimum Gasteiger partial charge on any atom is -0.312 e. The molecule has 2 fully saturated rings. The molecule has 0 aromatic carbocycles. The fourth-order valence-corrected chi connectivity index (χ4v) is 2.90. The van der Waals surface area contributed by atoms with Crippen LogP contribution in [0.5, 0.6) is 0 Å². The van der Waals surface area contributed by atoms with Crippen molar-refractivity contribution < 1.29 is 0 Å². The Morgan fingerprint density at radius 1 is 1.07 bits per heavy atom. The summed E-state index contributed by atoms with van der Waals surface area (Å²) in [6, 6.07) is 0. The van der Waals surface area contributed by atoms with Crippen LogP contribution in [0.4, 0.5) is 0 Å². The predicted molar refractivity (Wildman–Crippen MR) is 61.3 cm³/mol. The maximum Gasteiger partial charge on any atom is 0.00966 e. The molecule has 2 rings (SSSR count). The Morgan fingerprint density at radius 3 is 2.36 bits per heavy atom. The van der Waals surface area contributed by atoms with E-state index in [9.17, 15) is 0 Å². The van der Waals surface area contributed by atoms with Gasteiger partial charge < -0.3 is 5.32 Å². The summed E-state index contributed by atoms with van der Waals surface area (Å²) in [5.41, 5.74) is 0.302. The van der Waals surface area contributed by atoms with E-state index in [-0.39, 0.29) is 0 Å². The van der Waals surface area contributed by atoms with Gasteiger partial charge in [0, 0.05) is 5.54 Å². The third-order valence-corrected chi connectivity index (χ3v) is 3.84. The van der Waals surface area contributed by atoms with Gasteiger partial charge in [-0.2, -0.15) is 0 Å². The van der Waals surface area contributed by atoms with E-state index in [0.29, 0.717) is 5.54 Å². The summed E-state index contributed by atoms with van der Waals surface area (Å²) in [5, 5.41) is 3.68. The van der Waals surface area contributed by atoms with Gasteiger partial charge in [0.2, 0.25) is 0 Å². The second-order valence-corrected chi connectivity index (χ2v) is 6.32. The van der Waals surface area contributed by atoms with Crippen LogP contribution in [0.2, 0.25) is 0 Å². The molecule has 2 aliphatic carbocycles. The summed E-state index contributed by atoms with van der Waals surface area (Å²) in [4.78, 5) is 0. The lowest BCUT2D eigenvalue weighted by molar-refractivity contribution is 0.296. The van der Waals surface area contributed by atoms with Crippen LogP contribution < -0.4 is 5.32 Å². The highest BCUT2D eigenvalue weighted by Crippen LogP contribution is 2.47. The zero-order valence-corrected chi connectivity index (χ0v) is 9.97. The van der Waals surface area contributed by atoms with Crippen molar-refractivity contribution >= 4 is 0 Å². The summed E-state index contributed by atoms with van der Waals surface area (Å²) in [5.74, 6) is 3.18. The van der Waals surface area contributed by atoms with Crippen LogP contribution in [0.25, 0.3) is 0 Å². The number of hydrogen-bond donors (Lipinski definition) is 1. The Hall–Kier alpha value is -0.0400. The first-order valence-corrected chi connectivity index (χ1v) is 6.31. The number of rotatable bonds is 3. The lowest BCUT2D eigenvalue weighted by Gasteiger charge is -2.26. The topological polar surface area (TPSA) is 12.0 Å². The van der Waals surface area contributed by atoms with Gasteiger partial charge in [-0.05, 0) is 70.8 Å². The van der Waals surface area contributed by atoms with Crippen molar-refractivity contribution in [2.45, 2.75) is 58.4 Å². The molecule has 0 radical (unpaired) electrons. The minimum absolute atomic E-state index is 0.302. The van der Waals surface area contributed by atoms with Gasteiger partial charge in [-0.25, -0.2) is 0 Å². The van der Waals surface area contributed by atoms with E-state index in [1.165, 1.54) is 38.6 Å². The molecule has 2 saturated carbocycles. The van der Waals surface area contributed by atoms with Crippen molar-refractivity contribution in [2.24, 2.45) is 17.8 Å². The molecule has 2 unspecified atom stereocenters. The SMILES string of the molecule is CC(C)(C)NCC1CCCC1C1CC1. The Kier molecular flexibility index (Phi) is 2.88. The van der Waals surface area contributed by atoms with E-state index in [0.717, 1.165) is 17.8 Å². The molecule has 0 saturated heterocycles. The molecule has 0 aromatic rings. The highest BCUT2D eigenvalue weighted by Gasteiger charge is 2.39. The van der Waals surface area contributed by atoms with Gasteiger partial charge in [-0.1, -0.05) is 6.42 Å². The average molecular weight is 195 g/mol. The summed E-state index contributed by atoms with van der Waals surface area (Å²) in [7, 11) is 0. The largest absolute Gasteiger partial charge is 0.312 e. The van der Waals surface area contributed by atoms with Crippen LogP contribution in [-0.4, -0.2) is 12.1 Å². The summed E-state index contributed by atoms with van der Waals surface area (Å²) in [6.07, 6.45) is 7.52. The zero-order chi connectivity index (χ0) is 10.2. The quantitative estimate of drug-likeness (QED) is 0.729. The maximum absolute atomic E-state index is 3.68. The van der Waals surface area contributed by atoms with Gasteiger partial charge in [-0.3, -0.25) is 0 Å². The van der Waals surface area contributed by atoms with E-state index in [1.54, 1.807) is 0 Å². The van der Waals surface area contributed by atoms with Gasteiger partial charge >= 0.3 is 0 Å². The van der Waals surface area contributed by atoms with E-state index >= 15 is 0 Å². The third-order valence-electron chi connectivity index (χ3n) is 3.84. The van der Waals surface area contributed by atoms with Crippen molar-refractivity contribution in [1.82, 2.24) is 5.32 Å². The van der Waals surface area contributed by atoms with E-state index in [4.69, 9.17) is 0 Å². The fraction of sp³-hybridized carbons (Fsp3) is 1.00. The van der Waals surface area contributed by atoms with Gasteiger partial charge in [0.05, 0.1) is 0 Å². The Morgan fingerprint density at radius 2 is 1.79 bits per heavy atom. The Labute approximate surface area is 88.7 Å². The van der Waals surface area contributed by atoms with E-state index in [1.807, 2.05) is 0 Å². The fourth-order valence-electron chi connectivity index (χ4n) is 2.90. The Bertz CT molecular complexity index is 188. The highest BCUT2D eigenvalue weighted by molar-refractivity contribution is 4.91. The molecule has 2 atom stereocenters. The van der Waals surface area contributed by atoms with E-state index < -0.39 is 0 Å². The molecule has 0 spiro atoms. The van der Waals surface area contributed by atoms with Crippen LogP contribution in [0.15, 0.2) is 0 Å². The molecule has 0 aromatic heterocycles. The van der Waals surface area contributed by atoms with Crippen molar-refractivity contribution in [3.8, 4) is 0 Å². The van der Waals surface area contributed by atoms with Crippen molar-refractivity contribution in [2.75, 3.05) is 6.54 Å². The molecular formula is C13H25N. The normalized spacial score (nSPS) is 33.6. The van der Waals surface area contributed by atoms with Gasteiger partial charge in [0.15, 0.2) is 0 Å². The molecule has 1 heteroatoms. The summed E-state index contributed by atoms with van der Waals surface area (Å²) < 4.78 is 0. The second-order valence-electron chi connectivity index (χ2n) is 6.32. The second kappa shape index (κ2) is 3.84. The lowest BCUT2D eigenvalue weighted by Crippen LogP contribution is -2.40. The lowest BCUT2D eigenvalue weighted by atomic mass is 9.90. The van der Waals surface area contributed by atoms with Crippen LogP contribution in [-0.2, 0) is 0 Å². The molecule has 1 N–H and O–H groups in total. The first-order valence-electron chi connectivity index (χ1n) is 6.31. The third kappa shape index (κ3) is 2.73. The van der Waals surface area contributed by atoms with Gasteiger partial charge in [-0.15, -0.1) is 0 Å². The Balaban J connectivity index is 1.78. The van der Waals surface area contributed by atoms with Crippen molar-refractivity contribution in [3.63, 3.8) is 0 Å². The average Bonchev–Trinajstić information content (AvgIpc) is 2.81. The first kappa shape index (κ1) is 10.5. The molecule has 14 heavy (non-hydrogen) atoms. The minimum atomic E-state index is 0.302. The molecule has 0 heterocycles. The van der Waals surface area contributed by atoms with E-state index in [2.05, 4.69) is 26.1 Å². The van der Waals surface area contributed by atoms with Crippen LogP contribution in [0, 0.1) is 17.8 Å². The number of hydrogen-bond acceptors (Lipinski definition) is 1. The van der Waals surface area contributed by atoms with Crippen LogP contribution in [0.1, 0.15) is 52.9 Å². The number of nitrogens with one attached hydrogen (secondary N) is 1. The molecule has 82 valence electrons. The van der Waals surface area contributed by atoms with Crippen LogP contribution >= 0.6 is 0 Å². The van der Waals surface area contributed by atoms with Crippen LogP contribution in [0.3, 0.4) is 0 Å². The van der Waals surface area contributed by atoms with Gasteiger partial charge in [0.1, 0.15) is 0 Å². The molecule has 2 aliphatic rings. The monoisotopic (exact) mass is 195 g/mol. The van der Waals surface area contributed by atoms with Gasteiger partial charge in [0.25, 0.3) is 0 Å². The highest BCUT2D eigenvalue weighted by atomic mass is 14.9. The maximum atomic E-state index is 3.68. The first-order chi connectivity index (χ1) is 6.56. The standard InChI is InChI=1S/C13H25N/c1-13(2,3)14-9-11-5-4-6-12(11)10-7-8-10/h10-12,14H,4-9H2,1-3H3. The van der Waals surface area contributed by atoms with Crippen molar-refractivity contribution in [3.05, 3.63) is 0 Å². The molecule has 0 bridgehead atoms.